The normalized spacial score (nSPS) is 11.1. The minimum Gasteiger partial charge on any atom is -0.368 e. The summed E-state index contributed by atoms with van der Waals surface area (Å²) >= 11 is 0. The standard InChI is InChI=1S/C18H21FN6O/c1-11(2)16-23-12(3)9-15(24-16)20-6-7-21-18(26)17-22-10-14-13(19)5-4-8-25(14)17/h4-5,8-11H,6-7H2,1-3H3,(H,21,26)(H,20,23,24). The average Bonchev–Trinajstić information content (AvgIpc) is 3.03. The van der Waals surface area contributed by atoms with Gasteiger partial charge in [-0.3, -0.25) is 9.20 Å². The Morgan fingerprint density at radius 3 is 2.88 bits per heavy atom. The number of hydrogen-bond acceptors (Lipinski definition) is 5. The number of anilines is 1. The zero-order valence-electron chi connectivity index (χ0n) is 15.0. The molecule has 0 aliphatic carbocycles. The second-order valence-corrected chi connectivity index (χ2v) is 6.28. The molecule has 0 atom stereocenters. The number of aromatic nitrogens is 4. The van der Waals surface area contributed by atoms with Crippen molar-refractivity contribution < 1.29 is 9.18 Å². The molecule has 0 saturated heterocycles. The second kappa shape index (κ2) is 7.47. The van der Waals surface area contributed by atoms with Crippen molar-refractivity contribution in [3.05, 3.63) is 53.8 Å². The number of carbonyl (C=O) groups is 1. The predicted molar refractivity (Wildman–Crippen MR) is 96.8 cm³/mol. The Bertz CT molecular complexity index is 937. The lowest BCUT2D eigenvalue weighted by Crippen LogP contribution is -2.30. The molecule has 0 aliphatic rings. The van der Waals surface area contributed by atoms with E-state index >= 15 is 0 Å². The molecule has 26 heavy (non-hydrogen) atoms. The van der Waals surface area contributed by atoms with Crippen molar-refractivity contribution in [2.24, 2.45) is 0 Å². The number of rotatable bonds is 6. The van der Waals surface area contributed by atoms with Gasteiger partial charge < -0.3 is 10.6 Å². The van der Waals surface area contributed by atoms with Crippen LogP contribution in [0.5, 0.6) is 0 Å². The Hall–Kier alpha value is -3.03. The SMILES string of the molecule is Cc1cc(NCCNC(=O)c2ncc3c(F)cccn23)nc(C(C)C)n1. The summed E-state index contributed by atoms with van der Waals surface area (Å²) in [4.78, 5) is 25.1. The van der Waals surface area contributed by atoms with Crippen LogP contribution >= 0.6 is 0 Å². The number of amides is 1. The lowest BCUT2D eigenvalue weighted by atomic mass is 10.2. The molecule has 0 bridgehead atoms. The van der Waals surface area contributed by atoms with Crippen LogP contribution in [0, 0.1) is 12.7 Å². The molecule has 0 spiro atoms. The molecule has 0 aliphatic heterocycles. The van der Waals surface area contributed by atoms with Gasteiger partial charge in [-0.15, -0.1) is 0 Å². The molecule has 0 fully saturated rings. The number of hydrogen-bond donors (Lipinski definition) is 2. The topological polar surface area (TPSA) is 84.2 Å². The molecule has 7 nitrogen and oxygen atoms in total. The maximum Gasteiger partial charge on any atom is 0.287 e. The van der Waals surface area contributed by atoms with E-state index in [1.165, 1.54) is 22.7 Å². The molecular weight excluding hydrogens is 335 g/mol. The molecule has 0 aromatic carbocycles. The van der Waals surface area contributed by atoms with Gasteiger partial charge in [0.1, 0.15) is 23.0 Å². The summed E-state index contributed by atoms with van der Waals surface area (Å²) < 4.78 is 15.1. The fourth-order valence-corrected chi connectivity index (χ4v) is 2.54. The van der Waals surface area contributed by atoms with Crippen molar-refractivity contribution in [1.82, 2.24) is 24.7 Å². The van der Waals surface area contributed by atoms with Gasteiger partial charge in [-0.05, 0) is 19.1 Å². The Labute approximate surface area is 150 Å². The highest BCUT2D eigenvalue weighted by atomic mass is 19.1. The third-order valence-electron chi connectivity index (χ3n) is 3.83. The Balaban J connectivity index is 1.58. The van der Waals surface area contributed by atoms with Crippen molar-refractivity contribution in [3.8, 4) is 0 Å². The third kappa shape index (κ3) is 3.79. The Morgan fingerprint density at radius 1 is 1.31 bits per heavy atom. The zero-order chi connectivity index (χ0) is 18.7. The van der Waals surface area contributed by atoms with Crippen LogP contribution in [-0.4, -0.2) is 38.3 Å². The van der Waals surface area contributed by atoms with Crippen molar-refractivity contribution in [2.45, 2.75) is 26.7 Å². The first-order valence-electron chi connectivity index (χ1n) is 8.45. The van der Waals surface area contributed by atoms with Crippen LogP contribution in [-0.2, 0) is 0 Å². The number of nitrogens with zero attached hydrogens (tertiary/aromatic N) is 4. The lowest BCUT2D eigenvalue weighted by Gasteiger charge is -2.10. The van der Waals surface area contributed by atoms with Crippen molar-refractivity contribution in [3.63, 3.8) is 0 Å². The van der Waals surface area contributed by atoms with Crippen LogP contribution in [0.15, 0.2) is 30.6 Å². The number of imidazole rings is 1. The van der Waals surface area contributed by atoms with E-state index in [0.717, 1.165) is 17.3 Å². The molecule has 8 heteroatoms. The minimum atomic E-state index is -0.416. The summed E-state index contributed by atoms with van der Waals surface area (Å²) in [6.45, 7) is 6.87. The first-order chi connectivity index (χ1) is 12.5. The fourth-order valence-electron chi connectivity index (χ4n) is 2.54. The smallest absolute Gasteiger partial charge is 0.287 e. The van der Waals surface area contributed by atoms with Crippen molar-refractivity contribution >= 4 is 17.2 Å². The quantitative estimate of drug-likeness (QED) is 0.663. The zero-order valence-corrected chi connectivity index (χ0v) is 15.0. The first-order valence-corrected chi connectivity index (χ1v) is 8.45. The largest absolute Gasteiger partial charge is 0.368 e. The van der Waals surface area contributed by atoms with Gasteiger partial charge in [0.25, 0.3) is 5.91 Å². The molecule has 0 saturated carbocycles. The maximum atomic E-state index is 13.7. The number of pyridine rings is 1. The van der Waals surface area contributed by atoms with Crippen molar-refractivity contribution in [2.75, 3.05) is 18.4 Å². The van der Waals surface area contributed by atoms with Gasteiger partial charge in [-0.2, -0.15) is 0 Å². The first kappa shape index (κ1) is 17.8. The molecule has 3 heterocycles. The third-order valence-corrected chi connectivity index (χ3v) is 3.83. The van der Waals surface area contributed by atoms with Crippen LogP contribution in [0.1, 0.15) is 41.9 Å². The maximum absolute atomic E-state index is 13.7. The summed E-state index contributed by atoms with van der Waals surface area (Å²) in [5.41, 5.74) is 1.16. The van der Waals surface area contributed by atoms with Crippen LogP contribution < -0.4 is 10.6 Å². The number of nitrogens with one attached hydrogen (secondary N) is 2. The molecule has 0 radical (unpaired) electrons. The molecule has 3 rings (SSSR count). The summed E-state index contributed by atoms with van der Waals surface area (Å²) in [6, 6.07) is 4.72. The van der Waals surface area contributed by atoms with Gasteiger partial charge in [0.2, 0.25) is 5.82 Å². The van der Waals surface area contributed by atoms with Gasteiger partial charge in [0.15, 0.2) is 0 Å². The number of carbonyl (C=O) groups excluding carboxylic acids is 1. The van der Waals surface area contributed by atoms with Crippen LogP contribution in [0.3, 0.4) is 0 Å². The van der Waals surface area contributed by atoms with Crippen LogP contribution in [0.2, 0.25) is 0 Å². The number of halogens is 1. The molecule has 3 aromatic heterocycles. The highest BCUT2D eigenvalue weighted by Crippen LogP contribution is 2.13. The van der Waals surface area contributed by atoms with E-state index in [1.807, 2.05) is 26.8 Å². The van der Waals surface area contributed by atoms with E-state index in [9.17, 15) is 9.18 Å². The average molecular weight is 356 g/mol. The van der Waals surface area contributed by atoms with E-state index in [4.69, 9.17) is 0 Å². The van der Waals surface area contributed by atoms with E-state index in [2.05, 4.69) is 25.6 Å². The molecule has 136 valence electrons. The van der Waals surface area contributed by atoms with E-state index in [0.29, 0.717) is 13.1 Å². The monoisotopic (exact) mass is 356 g/mol. The van der Waals surface area contributed by atoms with E-state index in [1.54, 1.807) is 6.20 Å². The summed E-state index contributed by atoms with van der Waals surface area (Å²) in [6.07, 6.45) is 2.95. The molecule has 1 amide bonds. The Kier molecular flexibility index (Phi) is 5.11. The molecule has 3 aromatic rings. The van der Waals surface area contributed by atoms with Gasteiger partial charge in [0, 0.05) is 37.0 Å². The summed E-state index contributed by atoms with van der Waals surface area (Å²) in [5.74, 6) is 1.12. The highest BCUT2D eigenvalue weighted by molar-refractivity contribution is 5.91. The van der Waals surface area contributed by atoms with Crippen molar-refractivity contribution in [1.29, 1.82) is 0 Å². The van der Waals surface area contributed by atoms with Crippen LogP contribution in [0.4, 0.5) is 10.2 Å². The molecule has 0 unspecified atom stereocenters. The van der Waals surface area contributed by atoms with Gasteiger partial charge in [-0.25, -0.2) is 19.3 Å². The summed E-state index contributed by atoms with van der Waals surface area (Å²) in [5, 5.41) is 5.94. The van der Waals surface area contributed by atoms with Gasteiger partial charge in [-0.1, -0.05) is 13.8 Å². The molecule has 2 N–H and O–H groups in total. The highest BCUT2D eigenvalue weighted by Gasteiger charge is 2.14. The number of aryl methyl sites for hydroxylation is 1. The minimum absolute atomic E-state index is 0.152. The predicted octanol–water partition coefficient (Wildman–Crippen LogP) is 2.54. The molecular formula is C18H21FN6O. The van der Waals surface area contributed by atoms with E-state index < -0.39 is 5.82 Å². The Morgan fingerprint density at radius 2 is 2.12 bits per heavy atom. The lowest BCUT2D eigenvalue weighted by molar-refractivity contribution is 0.0944. The van der Waals surface area contributed by atoms with Gasteiger partial charge in [0.05, 0.1) is 6.20 Å². The second-order valence-electron chi connectivity index (χ2n) is 6.28. The number of fused-ring (bicyclic) bond motifs is 1. The van der Waals surface area contributed by atoms with Gasteiger partial charge >= 0.3 is 0 Å². The van der Waals surface area contributed by atoms with E-state index in [-0.39, 0.29) is 23.2 Å². The summed E-state index contributed by atoms with van der Waals surface area (Å²) in [7, 11) is 0. The fraction of sp³-hybridized carbons (Fsp3) is 0.333. The van der Waals surface area contributed by atoms with Crippen LogP contribution in [0.25, 0.3) is 5.52 Å².